The maximum Gasteiger partial charge on any atom is 0.472 e. The van der Waals surface area contributed by atoms with Crippen molar-refractivity contribution in [1.82, 2.24) is 0 Å². The maximum atomic E-state index is 13.1. The Kier molecular flexibility index (Phi) is 69.6. The first-order chi connectivity index (χ1) is 48.6. The molecule has 17 nitrogen and oxygen atoms in total. The summed E-state index contributed by atoms with van der Waals surface area (Å²) in [6, 6.07) is 0. The molecule has 0 aromatic rings. The summed E-state index contributed by atoms with van der Waals surface area (Å²) in [5, 5.41) is 10.7. The molecule has 0 aliphatic rings. The van der Waals surface area contributed by atoms with Gasteiger partial charge in [0.05, 0.1) is 26.4 Å². The van der Waals surface area contributed by atoms with Crippen LogP contribution < -0.4 is 0 Å². The van der Waals surface area contributed by atoms with Gasteiger partial charge < -0.3 is 33.8 Å². The Labute approximate surface area is 619 Å². The van der Waals surface area contributed by atoms with Gasteiger partial charge in [-0.2, -0.15) is 0 Å². The first-order valence-corrected chi connectivity index (χ1v) is 45.2. The van der Waals surface area contributed by atoms with E-state index >= 15 is 0 Å². The molecule has 0 fully saturated rings. The summed E-state index contributed by atoms with van der Waals surface area (Å²) in [5.41, 5.74) is 0. The van der Waals surface area contributed by atoms with Crippen LogP contribution in [-0.4, -0.2) is 96.7 Å². The molecule has 0 spiro atoms. The summed E-state index contributed by atoms with van der Waals surface area (Å²) < 4.78 is 68.8. The maximum absolute atomic E-state index is 13.1. The minimum atomic E-state index is -4.96. The van der Waals surface area contributed by atoms with Crippen LogP contribution in [0.3, 0.4) is 0 Å². The van der Waals surface area contributed by atoms with Gasteiger partial charge >= 0.3 is 39.5 Å². The van der Waals surface area contributed by atoms with Crippen molar-refractivity contribution in [3.05, 3.63) is 0 Å². The van der Waals surface area contributed by atoms with Gasteiger partial charge in [0, 0.05) is 25.7 Å². The molecule has 0 saturated carbocycles. The molecule has 0 saturated heterocycles. The van der Waals surface area contributed by atoms with Crippen LogP contribution in [0.1, 0.15) is 421 Å². The summed E-state index contributed by atoms with van der Waals surface area (Å²) in [6.07, 6.45) is 58.3. The van der Waals surface area contributed by atoms with Gasteiger partial charge in [0.15, 0.2) is 12.2 Å². The zero-order chi connectivity index (χ0) is 74.6. The lowest BCUT2D eigenvalue weighted by Crippen LogP contribution is -2.30. The van der Waals surface area contributed by atoms with E-state index in [2.05, 4.69) is 55.4 Å². The van der Waals surface area contributed by atoms with Gasteiger partial charge in [0.1, 0.15) is 19.3 Å². The van der Waals surface area contributed by atoms with Gasteiger partial charge in [-0.3, -0.25) is 37.3 Å². The Morgan fingerprint density at radius 1 is 0.277 bits per heavy atom. The summed E-state index contributed by atoms with van der Waals surface area (Å²) >= 11 is 0. The van der Waals surface area contributed by atoms with E-state index in [1.165, 1.54) is 218 Å². The quantitative estimate of drug-likeness (QED) is 0.0222. The number of aliphatic hydroxyl groups is 1. The van der Waals surface area contributed by atoms with E-state index in [0.29, 0.717) is 25.7 Å². The smallest absolute Gasteiger partial charge is 0.462 e. The molecule has 0 rings (SSSR count). The van der Waals surface area contributed by atoms with Crippen molar-refractivity contribution in [3.8, 4) is 0 Å². The van der Waals surface area contributed by atoms with Gasteiger partial charge in [-0.05, 0) is 49.4 Å². The standard InChI is InChI=1S/C82H160O17P2/c1-9-75(8)61-53-45-40-41-47-55-63-80(85)93-69-78(99-82(87)64-56-48-38-32-26-19-13-11-10-12-16-22-28-34-42-50-58-72(2)3)71-97-101(90,91)95-67-76(83)66-94-100(88,89)96-70-77(98-81(86)65-57-49-39-33-27-21-15-18-24-30-36-44-52-60-74(6)7)68-92-79(84)62-54-46-37-31-25-20-14-17-23-29-35-43-51-59-73(4)5/h72-78,83H,9-71H2,1-8H3,(H,88,89)(H,90,91)/t75?,76-,77-,78-/m1/s1. The largest absolute Gasteiger partial charge is 0.472 e. The Morgan fingerprint density at radius 2 is 0.475 bits per heavy atom. The van der Waals surface area contributed by atoms with Crippen LogP contribution in [0.5, 0.6) is 0 Å². The normalized spacial score (nSPS) is 14.3. The molecule has 101 heavy (non-hydrogen) atoms. The van der Waals surface area contributed by atoms with Crippen molar-refractivity contribution in [1.29, 1.82) is 0 Å². The Balaban J connectivity index is 5.24. The minimum Gasteiger partial charge on any atom is -0.462 e. The van der Waals surface area contributed by atoms with E-state index in [4.69, 9.17) is 37.0 Å². The fourth-order valence-electron chi connectivity index (χ4n) is 12.6. The molecule has 600 valence electrons. The Morgan fingerprint density at radius 3 is 0.703 bits per heavy atom. The number of aliphatic hydroxyl groups excluding tert-OH is 1. The van der Waals surface area contributed by atoms with E-state index in [-0.39, 0.29) is 25.7 Å². The first-order valence-electron chi connectivity index (χ1n) is 42.2. The highest BCUT2D eigenvalue weighted by Gasteiger charge is 2.30. The average Bonchev–Trinajstić information content (AvgIpc) is 0.983. The van der Waals surface area contributed by atoms with E-state index in [0.717, 1.165) is 120 Å². The van der Waals surface area contributed by atoms with Gasteiger partial charge in [-0.25, -0.2) is 9.13 Å². The van der Waals surface area contributed by atoms with Crippen LogP contribution in [0.4, 0.5) is 0 Å². The number of carbonyl (C=O) groups is 4. The van der Waals surface area contributed by atoms with Crippen LogP contribution in [0.25, 0.3) is 0 Å². The summed E-state index contributed by atoms with van der Waals surface area (Å²) in [4.78, 5) is 73.1. The van der Waals surface area contributed by atoms with Gasteiger partial charge in [0.2, 0.25) is 0 Å². The molecule has 0 heterocycles. The third-order valence-corrected chi connectivity index (χ3v) is 21.3. The van der Waals surface area contributed by atoms with E-state index in [1.54, 1.807) is 0 Å². The third kappa shape index (κ3) is 74.7. The molecule has 0 aliphatic heterocycles. The number of ether oxygens (including phenoxy) is 4. The summed E-state index contributed by atoms with van der Waals surface area (Å²) in [6.45, 7) is 14.3. The van der Waals surface area contributed by atoms with Crippen LogP contribution in [0, 0.1) is 23.7 Å². The molecule has 19 heteroatoms. The third-order valence-electron chi connectivity index (χ3n) is 19.4. The second-order valence-corrected chi connectivity index (χ2v) is 34.1. The Bertz CT molecular complexity index is 1970. The zero-order valence-electron chi connectivity index (χ0n) is 66.5. The number of phosphoric ester groups is 2. The van der Waals surface area contributed by atoms with E-state index < -0.39 is 97.5 Å². The second kappa shape index (κ2) is 71.0. The molecule has 3 N–H and O–H groups in total. The highest BCUT2D eigenvalue weighted by molar-refractivity contribution is 7.47. The van der Waals surface area contributed by atoms with Crippen molar-refractivity contribution < 1.29 is 80.2 Å². The first kappa shape index (κ1) is 99.1. The predicted molar refractivity (Wildman–Crippen MR) is 414 cm³/mol. The number of phosphoric acid groups is 2. The van der Waals surface area contributed by atoms with E-state index in [1.807, 2.05) is 0 Å². The molecule has 0 aromatic heterocycles. The van der Waals surface area contributed by atoms with Crippen molar-refractivity contribution in [2.24, 2.45) is 23.7 Å². The highest BCUT2D eigenvalue weighted by Crippen LogP contribution is 2.45. The fourth-order valence-corrected chi connectivity index (χ4v) is 14.2. The molecule has 6 atom stereocenters. The SMILES string of the molecule is CCC(C)CCCCCCCCC(=O)OC[C@H](COP(=O)(O)OC[C@H](O)COP(=O)(O)OC[C@@H](COC(=O)CCCCCCCCCCCCCCCC(C)C)OC(=O)CCCCCCCCCCCCCCCC(C)C)OC(=O)CCCCCCCCCCCCCCCCCCC(C)C. The number of hydrogen-bond donors (Lipinski definition) is 3. The van der Waals surface area contributed by atoms with Gasteiger partial charge in [-0.15, -0.1) is 0 Å². The monoisotopic (exact) mass is 1480 g/mol. The second-order valence-electron chi connectivity index (χ2n) is 31.2. The molecule has 0 radical (unpaired) electrons. The van der Waals surface area contributed by atoms with Gasteiger partial charge in [-0.1, -0.05) is 370 Å². The number of hydrogen-bond acceptors (Lipinski definition) is 15. The molecule has 0 amide bonds. The van der Waals surface area contributed by atoms with Crippen LogP contribution >= 0.6 is 15.6 Å². The van der Waals surface area contributed by atoms with Crippen LogP contribution in [-0.2, 0) is 65.4 Å². The van der Waals surface area contributed by atoms with Crippen molar-refractivity contribution in [3.63, 3.8) is 0 Å². The number of unbranched alkanes of at least 4 members (excludes halogenated alkanes) is 44. The predicted octanol–water partition coefficient (Wildman–Crippen LogP) is 24.4. The fraction of sp³-hybridized carbons (Fsp3) is 0.951. The van der Waals surface area contributed by atoms with Crippen LogP contribution in [0.15, 0.2) is 0 Å². The lowest BCUT2D eigenvalue weighted by molar-refractivity contribution is -0.161. The molecule has 3 unspecified atom stereocenters. The van der Waals surface area contributed by atoms with Crippen molar-refractivity contribution >= 4 is 39.5 Å². The lowest BCUT2D eigenvalue weighted by atomic mass is 10.00. The summed E-state index contributed by atoms with van der Waals surface area (Å²) in [5.74, 6) is 1.00. The number of esters is 4. The number of rotatable bonds is 79. The topological polar surface area (TPSA) is 237 Å². The molecule has 0 aliphatic carbocycles. The number of carbonyl (C=O) groups excluding carboxylic acids is 4. The lowest BCUT2D eigenvalue weighted by Gasteiger charge is -2.21. The van der Waals surface area contributed by atoms with Crippen LogP contribution in [0.2, 0.25) is 0 Å². The minimum absolute atomic E-state index is 0.107. The Hall–Kier alpha value is -1.94. The molecule has 0 bridgehead atoms. The van der Waals surface area contributed by atoms with Crippen molar-refractivity contribution in [2.45, 2.75) is 440 Å². The van der Waals surface area contributed by atoms with Gasteiger partial charge in [0.25, 0.3) is 0 Å². The highest BCUT2D eigenvalue weighted by atomic mass is 31.2. The van der Waals surface area contributed by atoms with E-state index in [9.17, 15) is 43.2 Å². The summed E-state index contributed by atoms with van der Waals surface area (Å²) in [7, 11) is -9.92. The molecular weight excluding hydrogens is 1320 g/mol. The molecular formula is C82H160O17P2. The van der Waals surface area contributed by atoms with Crippen molar-refractivity contribution in [2.75, 3.05) is 39.6 Å². The zero-order valence-corrected chi connectivity index (χ0v) is 68.3. The average molecular weight is 1480 g/mol. The molecule has 0 aromatic carbocycles.